The summed E-state index contributed by atoms with van der Waals surface area (Å²) in [5.74, 6) is 0.691. The summed E-state index contributed by atoms with van der Waals surface area (Å²) >= 11 is 0. The SMILES string of the molecule is Oc1ccc(CN(CC2CCCNC2)C2CC2)cc1O. The smallest absolute Gasteiger partial charge is 0.157 e. The third-order valence-corrected chi connectivity index (χ3v) is 4.38. The van der Waals surface area contributed by atoms with Gasteiger partial charge in [0.25, 0.3) is 0 Å². The molecule has 0 radical (unpaired) electrons. The Labute approximate surface area is 120 Å². The van der Waals surface area contributed by atoms with E-state index in [1.165, 1.54) is 25.7 Å². The van der Waals surface area contributed by atoms with E-state index in [4.69, 9.17) is 0 Å². The van der Waals surface area contributed by atoms with Crippen molar-refractivity contribution < 1.29 is 10.2 Å². The van der Waals surface area contributed by atoms with Crippen molar-refractivity contribution in [2.75, 3.05) is 19.6 Å². The molecule has 1 aliphatic carbocycles. The first kappa shape index (κ1) is 13.7. The zero-order chi connectivity index (χ0) is 13.9. The lowest BCUT2D eigenvalue weighted by Crippen LogP contribution is -2.39. The number of aromatic hydroxyl groups is 2. The lowest BCUT2D eigenvalue weighted by molar-refractivity contribution is 0.192. The number of nitrogens with zero attached hydrogens (tertiary/aromatic N) is 1. The molecule has 2 aliphatic rings. The number of hydrogen-bond acceptors (Lipinski definition) is 4. The molecule has 0 bridgehead atoms. The second-order valence-electron chi connectivity index (χ2n) is 6.20. The zero-order valence-corrected chi connectivity index (χ0v) is 11.9. The van der Waals surface area contributed by atoms with Crippen molar-refractivity contribution in [3.05, 3.63) is 23.8 Å². The van der Waals surface area contributed by atoms with Gasteiger partial charge in [0.2, 0.25) is 0 Å². The molecule has 1 saturated carbocycles. The van der Waals surface area contributed by atoms with E-state index in [-0.39, 0.29) is 11.5 Å². The number of rotatable bonds is 5. The van der Waals surface area contributed by atoms with Gasteiger partial charge >= 0.3 is 0 Å². The Bertz CT molecular complexity index is 454. The second-order valence-corrected chi connectivity index (χ2v) is 6.20. The molecule has 3 N–H and O–H groups in total. The van der Waals surface area contributed by atoms with Gasteiger partial charge in [0.05, 0.1) is 0 Å². The molecule has 2 fully saturated rings. The summed E-state index contributed by atoms with van der Waals surface area (Å²) in [5.41, 5.74) is 1.08. The average Bonchev–Trinajstić information content (AvgIpc) is 3.28. The normalized spacial score (nSPS) is 23.1. The van der Waals surface area contributed by atoms with Gasteiger partial charge in [-0.05, 0) is 62.4 Å². The molecular weight excluding hydrogens is 252 g/mol. The Morgan fingerprint density at radius 2 is 2.00 bits per heavy atom. The zero-order valence-electron chi connectivity index (χ0n) is 11.9. The van der Waals surface area contributed by atoms with Crippen molar-refractivity contribution in [3.63, 3.8) is 0 Å². The predicted molar refractivity (Wildman–Crippen MR) is 78.8 cm³/mol. The number of phenols is 2. The maximum Gasteiger partial charge on any atom is 0.157 e. The fraction of sp³-hybridized carbons (Fsp3) is 0.625. The summed E-state index contributed by atoms with van der Waals surface area (Å²) in [4.78, 5) is 2.55. The minimum Gasteiger partial charge on any atom is -0.504 e. The van der Waals surface area contributed by atoms with Crippen LogP contribution >= 0.6 is 0 Å². The third-order valence-electron chi connectivity index (χ3n) is 4.38. The predicted octanol–water partition coefficient (Wildman–Crippen LogP) is 2.06. The van der Waals surface area contributed by atoms with Crippen LogP contribution in [0.2, 0.25) is 0 Å². The van der Waals surface area contributed by atoms with Crippen LogP contribution in [0.5, 0.6) is 11.5 Å². The molecule has 110 valence electrons. The van der Waals surface area contributed by atoms with Gasteiger partial charge in [0, 0.05) is 19.1 Å². The summed E-state index contributed by atoms with van der Waals surface area (Å²) < 4.78 is 0. The van der Waals surface area contributed by atoms with Crippen molar-refractivity contribution in [2.45, 2.75) is 38.3 Å². The molecule has 3 rings (SSSR count). The highest BCUT2D eigenvalue weighted by Crippen LogP contribution is 2.31. The Morgan fingerprint density at radius 1 is 1.15 bits per heavy atom. The molecule has 0 spiro atoms. The van der Waals surface area contributed by atoms with Crippen LogP contribution in [0.3, 0.4) is 0 Å². The van der Waals surface area contributed by atoms with Crippen molar-refractivity contribution >= 4 is 0 Å². The van der Waals surface area contributed by atoms with Crippen LogP contribution in [-0.2, 0) is 6.54 Å². The number of benzene rings is 1. The van der Waals surface area contributed by atoms with E-state index in [0.717, 1.165) is 37.7 Å². The molecule has 0 aromatic heterocycles. The Hall–Kier alpha value is -1.26. The summed E-state index contributed by atoms with van der Waals surface area (Å²) in [6.45, 7) is 4.30. The Kier molecular flexibility index (Phi) is 4.13. The highest BCUT2D eigenvalue weighted by molar-refractivity contribution is 5.40. The topological polar surface area (TPSA) is 55.7 Å². The van der Waals surface area contributed by atoms with E-state index < -0.39 is 0 Å². The Balaban J connectivity index is 1.62. The van der Waals surface area contributed by atoms with E-state index in [1.54, 1.807) is 12.1 Å². The average molecular weight is 276 g/mol. The van der Waals surface area contributed by atoms with Crippen LogP contribution in [0.1, 0.15) is 31.2 Å². The van der Waals surface area contributed by atoms with Crippen molar-refractivity contribution in [1.82, 2.24) is 10.2 Å². The molecule has 20 heavy (non-hydrogen) atoms. The van der Waals surface area contributed by atoms with Gasteiger partial charge in [0.1, 0.15) is 0 Å². The minimum atomic E-state index is -0.0387. The van der Waals surface area contributed by atoms with Crippen molar-refractivity contribution in [1.29, 1.82) is 0 Å². The molecule has 1 aliphatic heterocycles. The molecule has 4 nitrogen and oxygen atoms in total. The van der Waals surface area contributed by atoms with Crippen LogP contribution in [0.15, 0.2) is 18.2 Å². The highest BCUT2D eigenvalue weighted by atomic mass is 16.3. The molecule has 0 amide bonds. The van der Waals surface area contributed by atoms with Crippen molar-refractivity contribution in [3.8, 4) is 11.5 Å². The van der Waals surface area contributed by atoms with Gasteiger partial charge in [-0.25, -0.2) is 0 Å². The van der Waals surface area contributed by atoms with Gasteiger partial charge in [-0.1, -0.05) is 6.07 Å². The molecule has 4 heteroatoms. The first-order valence-corrected chi connectivity index (χ1v) is 7.68. The quantitative estimate of drug-likeness (QED) is 0.721. The largest absolute Gasteiger partial charge is 0.504 e. The molecular formula is C16H24N2O2. The van der Waals surface area contributed by atoms with Gasteiger partial charge in [-0.2, -0.15) is 0 Å². The summed E-state index contributed by atoms with van der Waals surface area (Å²) in [6, 6.07) is 5.89. The monoisotopic (exact) mass is 276 g/mol. The van der Waals surface area contributed by atoms with Gasteiger partial charge in [-0.3, -0.25) is 4.90 Å². The van der Waals surface area contributed by atoms with Gasteiger partial charge in [0.15, 0.2) is 11.5 Å². The third kappa shape index (κ3) is 3.44. The molecule has 1 heterocycles. The van der Waals surface area contributed by atoms with E-state index in [9.17, 15) is 10.2 Å². The summed E-state index contributed by atoms with van der Waals surface area (Å²) in [6.07, 6.45) is 5.19. The molecule has 1 saturated heterocycles. The van der Waals surface area contributed by atoms with Crippen LogP contribution < -0.4 is 5.32 Å². The highest BCUT2D eigenvalue weighted by Gasteiger charge is 2.30. The number of piperidine rings is 1. The van der Waals surface area contributed by atoms with Crippen LogP contribution in [0.4, 0.5) is 0 Å². The standard InChI is InChI=1S/C16H24N2O2/c19-15-6-3-12(8-16(15)20)10-18(14-4-5-14)11-13-2-1-7-17-9-13/h3,6,8,13-14,17,19-20H,1-2,4-5,7,9-11H2. The van der Waals surface area contributed by atoms with E-state index in [1.807, 2.05) is 6.07 Å². The van der Waals surface area contributed by atoms with E-state index in [0.29, 0.717) is 6.04 Å². The lowest BCUT2D eigenvalue weighted by atomic mass is 9.98. The van der Waals surface area contributed by atoms with E-state index >= 15 is 0 Å². The number of hydrogen-bond donors (Lipinski definition) is 3. The van der Waals surface area contributed by atoms with Crippen LogP contribution in [0.25, 0.3) is 0 Å². The summed E-state index contributed by atoms with van der Waals surface area (Å²) in [7, 11) is 0. The van der Waals surface area contributed by atoms with Crippen LogP contribution in [-0.4, -0.2) is 40.8 Å². The fourth-order valence-corrected chi connectivity index (χ4v) is 3.10. The van der Waals surface area contributed by atoms with Gasteiger partial charge < -0.3 is 15.5 Å². The maximum absolute atomic E-state index is 9.61. The first-order chi connectivity index (χ1) is 9.72. The molecule has 1 aromatic carbocycles. The lowest BCUT2D eigenvalue weighted by Gasteiger charge is -2.30. The first-order valence-electron chi connectivity index (χ1n) is 7.68. The minimum absolute atomic E-state index is 0.0161. The molecule has 1 aromatic rings. The second kappa shape index (κ2) is 6.02. The number of nitrogens with one attached hydrogen (secondary N) is 1. The van der Waals surface area contributed by atoms with E-state index in [2.05, 4.69) is 10.2 Å². The molecule has 1 unspecified atom stereocenters. The van der Waals surface area contributed by atoms with Crippen molar-refractivity contribution in [2.24, 2.45) is 5.92 Å². The van der Waals surface area contributed by atoms with Gasteiger partial charge in [-0.15, -0.1) is 0 Å². The fourth-order valence-electron chi connectivity index (χ4n) is 3.10. The summed E-state index contributed by atoms with van der Waals surface area (Å²) in [5, 5.41) is 22.5. The maximum atomic E-state index is 9.61. The Morgan fingerprint density at radius 3 is 2.65 bits per heavy atom. The molecule has 1 atom stereocenters. The number of phenolic OH excluding ortho intramolecular Hbond substituents is 2. The van der Waals surface area contributed by atoms with Crippen LogP contribution in [0, 0.1) is 5.92 Å².